The number of pyridine rings is 1. The van der Waals surface area contributed by atoms with E-state index in [0.717, 1.165) is 35.5 Å². The van der Waals surface area contributed by atoms with Crippen molar-refractivity contribution < 1.29 is 22.7 Å². The van der Waals surface area contributed by atoms with Gasteiger partial charge in [0.25, 0.3) is 0 Å². The van der Waals surface area contributed by atoms with E-state index in [0.29, 0.717) is 26.2 Å². The van der Waals surface area contributed by atoms with Crippen LogP contribution in [0.25, 0.3) is 10.9 Å². The lowest BCUT2D eigenvalue weighted by atomic mass is 10.1. The molecule has 0 radical (unpaired) electrons. The van der Waals surface area contributed by atoms with Gasteiger partial charge in [-0.15, -0.1) is 12.4 Å². The number of methoxy groups -OCH3 is 1. The van der Waals surface area contributed by atoms with Crippen molar-refractivity contribution >= 4 is 35.1 Å². The van der Waals surface area contributed by atoms with Crippen LogP contribution in [0, 0.1) is 0 Å². The molecule has 3 heterocycles. The Hall–Kier alpha value is -2.78. The third-order valence-electron chi connectivity index (χ3n) is 5.86. The summed E-state index contributed by atoms with van der Waals surface area (Å²) in [5.41, 5.74) is 1.43. The van der Waals surface area contributed by atoms with Crippen LogP contribution >= 0.6 is 12.4 Å². The molecule has 0 saturated carbocycles. The lowest BCUT2D eigenvalue weighted by Crippen LogP contribution is -2.47. The van der Waals surface area contributed by atoms with Crippen molar-refractivity contribution in [2.75, 3.05) is 44.7 Å². The number of piperazine rings is 1. The number of fused-ring (bicyclic) bond motifs is 1. The number of alkyl halides is 3. The summed E-state index contributed by atoms with van der Waals surface area (Å²) in [6.45, 7) is 3.24. The molecular formula is C23H26ClF3N4O2. The molecule has 0 amide bonds. The molecule has 0 bridgehead atoms. The first kappa shape index (κ1) is 24.9. The quantitative estimate of drug-likeness (QED) is 0.497. The number of anilines is 1. The van der Waals surface area contributed by atoms with Gasteiger partial charge in [-0.2, -0.15) is 13.2 Å². The minimum absolute atomic E-state index is 0. The van der Waals surface area contributed by atoms with Crippen LogP contribution < -0.4 is 4.90 Å². The molecular weight excluding hydrogens is 457 g/mol. The standard InChI is InChI=1S/C23H25F3N4O2.ClH/c1-32-21(31)16-30-15-17(18-5-2-3-7-20(18)30)8-10-28-11-13-29(14-12-28)22-19(23(24,25)26)6-4-9-27-22;/h2-7,9,15H,8,10-14,16H2,1H3;1H. The van der Waals surface area contributed by atoms with Gasteiger partial charge in [-0.1, -0.05) is 18.2 Å². The van der Waals surface area contributed by atoms with E-state index in [-0.39, 0.29) is 30.7 Å². The molecule has 1 saturated heterocycles. The molecule has 1 fully saturated rings. The van der Waals surface area contributed by atoms with Crippen molar-refractivity contribution in [3.05, 3.63) is 59.9 Å². The first-order valence-corrected chi connectivity index (χ1v) is 10.5. The van der Waals surface area contributed by atoms with Gasteiger partial charge >= 0.3 is 12.1 Å². The number of ether oxygens (including phenoxy) is 1. The molecule has 0 aliphatic carbocycles. The number of para-hydroxylation sites is 1. The summed E-state index contributed by atoms with van der Waals surface area (Å²) >= 11 is 0. The molecule has 4 rings (SSSR count). The third-order valence-corrected chi connectivity index (χ3v) is 5.86. The van der Waals surface area contributed by atoms with Crippen molar-refractivity contribution in [3.63, 3.8) is 0 Å². The predicted octanol–water partition coefficient (Wildman–Crippen LogP) is 4.01. The van der Waals surface area contributed by atoms with Crippen LogP contribution in [-0.2, 0) is 28.7 Å². The number of benzene rings is 1. The van der Waals surface area contributed by atoms with Gasteiger partial charge in [0, 0.05) is 56.0 Å². The summed E-state index contributed by atoms with van der Waals surface area (Å²) in [5.74, 6) is -0.299. The predicted molar refractivity (Wildman–Crippen MR) is 123 cm³/mol. The molecule has 1 aliphatic rings. The summed E-state index contributed by atoms with van der Waals surface area (Å²) < 4.78 is 46.6. The summed E-state index contributed by atoms with van der Waals surface area (Å²) in [6, 6.07) is 10.3. The molecule has 0 unspecified atom stereocenters. The highest BCUT2D eigenvalue weighted by Crippen LogP contribution is 2.35. The first-order valence-electron chi connectivity index (χ1n) is 10.5. The maximum atomic E-state index is 13.3. The first-order chi connectivity index (χ1) is 15.4. The van der Waals surface area contributed by atoms with Crippen LogP contribution in [0.5, 0.6) is 0 Å². The van der Waals surface area contributed by atoms with Gasteiger partial charge in [-0.25, -0.2) is 4.98 Å². The second-order valence-electron chi connectivity index (χ2n) is 7.83. The molecule has 0 atom stereocenters. The molecule has 178 valence electrons. The molecule has 2 aromatic heterocycles. The van der Waals surface area contributed by atoms with E-state index < -0.39 is 11.7 Å². The van der Waals surface area contributed by atoms with E-state index in [1.54, 1.807) is 4.90 Å². The Morgan fingerprint density at radius 2 is 1.82 bits per heavy atom. The van der Waals surface area contributed by atoms with Gasteiger partial charge in [0.2, 0.25) is 0 Å². The largest absolute Gasteiger partial charge is 0.468 e. The topological polar surface area (TPSA) is 50.6 Å². The molecule has 33 heavy (non-hydrogen) atoms. The summed E-state index contributed by atoms with van der Waals surface area (Å²) in [6.07, 6.45) is -0.242. The number of hydrogen-bond donors (Lipinski definition) is 0. The monoisotopic (exact) mass is 482 g/mol. The molecule has 0 spiro atoms. The number of aromatic nitrogens is 2. The Morgan fingerprint density at radius 1 is 1.09 bits per heavy atom. The van der Waals surface area contributed by atoms with Gasteiger partial charge < -0.3 is 14.2 Å². The summed E-state index contributed by atoms with van der Waals surface area (Å²) in [5, 5.41) is 1.10. The lowest BCUT2D eigenvalue weighted by Gasteiger charge is -2.36. The molecule has 3 aromatic rings. The van der Waals surface area contributed by atoms with E-state index in [9.17, 15) is 18.0 Å². The highest BCUT2D eigenvalue weighted by molar-refractivity contribution is 5.86. The number of hydrogen-bond acceptors (Lipinski definition) is 5. The second-order valence-corrected chi connectivity index (χ2v) is 7.83. The Morgan fingerprint density at radius 3 is 2.52 bits per heavy atom. The van der Waals surface area contributed by atoms with Crippen molar-refractivity contribution in [2.24, 2.45) is 0 Å². The minimum Gasteiger partial charge on any atom is -0.468 e. The summed E-state index contributed by atoms with van der Waals surface area (Å²) in [7, 11) is 1.37. The fourth-order valence-electron chi connectivity index (χ4n) is 4.19. The molecule has 1 aromatic carbocycles. The Labute approximate surface area is 196 Å². The van der Waals surface area contributed by atoms with Crippen molar-refractivity contribution in [3.8, 4) is 0 Å². The summed E-state index contributed by atoms with van der Waals surface area (Å²) in [4.78, 5) is 19.7. The van der Waals surface area contributed by atoms with Crippen LogP contribution in [0.15, 0.2) is 48.8 Å². The Kier molecular flexibility index (Phi) is 7.86. The third kappa shape index (κ3) is 5.59. The Balaban J connectivity index is 0.00000306. The fraction of sp³-hybridized carbons (Fsp3) is 0.391. The van der Waals surface area contributed by atoms with E-state index in [1.807, 2.05) is 35.0 Å². The minimum atomic E-state index is -4.42. The van der Waals surface area contributed by atoms with Crippen molar-refractivity contribution in [1.82, 2.24) is 14.5 Å². The van der Waals surface area contributed by atoms with Gasteiger partial charge in [0.1, 0.15) is 12.4 Å². The number of carbonyl (C=O) groups is 1. The SMILES string of the molecule is COC(=O)Cn1cc(CCN2CCN(c3ncccc3C(F)(F)F)CC2)c2ccccc21.Cl. The molecule has 1 aliphatic heterocycles. The van der Waals surface area contributed by atoms with Crippen LogP contribution in [0.3, 0.4) is 0 Å². The van der Waals surface area contributed by atoms with Crippen LogP contribution in [0.1, 0.15) is 11.1 Å². The average Bonchev–Trinajstić information content (AvgIpc) is 3.15. The van der Waals surface area contributed by atoms with Gasteiger partial charge in [-0.3, -0.25) is 9.69 Å². The van der Waals surface area contributed by atoms with Crippen molar-refractivity contribution in [1.29, 1.82) is 0 Å². The van der Waals surface area contributed by atoms with Crippen molar-refractivity contribution in [2.45, 2.75) is 19.1 Å². The normalized spacial score (nSPS) is 14.8. The highest BCUT2D eigenvalue weighted by atomic mass is 35.5. The fourth-order valence-corrected chi connectivity index (χ4v) is 4.19. The van der Waals surface area contributed by atoms with Gasteiger partial charge in [0.05, 0.1) is 12.7 Å². The van der Waals surface area contributed by atoms with Crippen LogP contribution in [-0.4, -0.2) is 60.3 Å². The highest BCUT2D eigenvalue weighted by Gasteiger charge is 2.36. The number of rotatable bonds is 6. The van der Waals surface area contributed by atoms with E-state index in [4.69, 9.17) is 4.74 Å². The number of carbonyl (C=O) groups excluding carboxylic acids is 1. The lowest BCUT2D eigenvalue weighted by molar-refractivity contribution is -0.141. The van der Waals surface area contributed by atoms with Crippen LogP contribution in [0.4, 0.5) is 19.0 Å². The second kappa shape index (κ2) is 10.4. The zero-order chi connectivity index (χ0) is 22.7. The number of esters is 1. The average molecular weight is 483 g/mol. The molecule has 10 heteroatoms. The van der Waals surface area contributed by atoms with E-state index in [2.05, 4.69) is 9.88 Å². The maximum absolute atomic E-state index is 13.3. The zero-order valence-electron chi connectivity index (χ0n) is 18.2. The molecule has 6 nitrogen and oxygen atoms in total. The van der Waals surface area contributed by atoms with E-state index >= 15 is 0 Å². The number of halogens is 4. The van der Waals surface area contributed by atoms with Crippen LogP contribution in [0.2, 0.25) is 0 Å². The Bertz CT molecular complexity index is 1090. The van der Waals surface area contributed by atoms with E-state index in [1.165, 1.54) is 19.4 Å². The van der Waals surface area contributed by atoms with Gasteiger partial charge in [-0.05, 0) is 30.2 Å². The maximum Gasteiger partial charge on any atom is 0.419 e. The smallest absolute Gasteiger partial charge is 0.419 e. The van der Waals surface area contributed by atoms with Gasteiger partial charge in [0.15, 0.2) is 0 Å². The number of nitrogens with zero attached hydrogens (tertiary/aromatic N) is 4. The molecule has 0 N–H and O–H groups in total. The zero-order valence-corrected chi connectivity index (χ0v) is 19.0.